The molecule has 1 N–H and O–H groups in total. The number of amides is 1. The number of hydrogen-bond acceptors (Lipinski definition) is 3. The fraction of sp³-hybridized carbons (Fsp3) is 0.778. The number of carboxylic acids is 1. The Hall–Kier alpha value is -0.710. The minimum Gasteiger partial charge on any atom is -0.480 e. The first-order valence-corrected chi connectivity index (χ1v) is 5.67. The number of carbonyl (C=O) groups excluding carboxylic acids is 1. The summed E-state index contributed by atoms with van der Waals surface area (Å²) >= 11 is 1.22. The molecule has 1 fully saturated rings. The summed E-state index contributed by atoms with van der Waals surface area (Å²) in [5.74, 6) is -0.0853. The first kappa shape index (κ1) is 11.4. The molecule has 0 aromatic carbocycles. The van der Waals surface area contributed by atoms with E-state index >= 15 is 0 Å². The van der Waals surface area contributed by atoms with Gasteiger partial charge < -0.3 is 10.0 Å². The highest BCUT2D eigenvalue weighted by Crippen LogP contribution is 2.20. The van der Waals surface area contributed by atoms with Gasteiger partial charge in [0, 0.05) is 13.1 Å². The topological polar surface area (TPSA) is 57.6 Å². The van der Waals surface area contributed by atoms with Crippen LogP contribution in [0.25, 0.3) is 0 Å². The average molecular weight is 217 g/mol. The fourth-order valence-corrected chi connectivity index (χ4v) is 2.34. The predicted octanol–water partition coefficient (Wildman–Crippen LogP) is 0.671. The molecule has 1 saturated heterocycles. The Kier molecular flexibility index (Phi) is 3.80. The summed E-state index contributed by atoms with van der Waals surface area (Å²) in [5, 5.41) is 8.37. The Bertz CT molecular complexity index is 242. The van der Waals surface area contributed by atoms with Gasteiger partial charge >= 0.3 is 5.97 Å². The molecule has 0 spiro atoms. The van der Waals surface area contributed by atoms with Gasteiger partial charge in [-0.1, -0.05) is 13.8 Å². The third kappa shape index (κ3) is 2.90. The third-order valence-corrected chi connectivity index (χ3v) is 3.17. The summed E-state index contributed by atoms with van der Waals surface area (Å²) in [4.78, 5) is 23.8. The number of thioether (sulfide) groups is 1. The Balaban J connectivity index is 2.55. The summed E-state index contributed by atoms with van der Waals surface area (Å²) in [5.41, 5.74) is 0. The summed E-state index contributed by atoms with van der Waals surface area (Å²) in [6.45, 7) is 5.04. The van der Waals surface area contributed by atoms with Crippen LogP contribution < -0.4 is 0 Å². The van der Waals surface area contributed by atoms with Crippen LogP contribution in [0.4, 0.5) is 0 Å². The zero-order valence-electron chi connectivity index (χ0n) is 8.40. The Morgan fingerprint density at radius 2 is 2.36 bits per heavy atom. The molecule has 0 saturated carbocycles. The lowest BCUT2D eigenvalue weighted by molar-refractivity contribution is -0.138. The number of hydrogen-bond donors (Lipinski definition) is 1. The zero-order chi connectivity index (χ0) is 10.7. The van der Waals surface area contributed by atoms with Crippen molar-refractivity contribution in [1.29, 1.82) is 0 Å². The number of carboxylic acid groups (broad SMARTS) is 1. The van der Waals surface area contributed by atoms with Crippen LogP contribution in [0.5, 0.6) is 0 Å². The smallest absolute Gasteiger partial charge is 0.318 e. The van der Waals surface area contributed by atoms with Crippen LogP contribution in [0.2, 0.25) is 0 Å². The van der Waals surface area contributed by atoms with E-state index in [0.717, 1.165) is 0 Å². The van der Waals surface area contributed by atoms with Crippen LogP contribution in [0.15, 0.2) is 0 Å². The highest BCUT2D eigenvalue weighted by Gasteiger charge is 2.30. The number of rotatable bonds is 3. The largest absolute Gasteiger partial charge is 0.480 e. The maximum absolute atomic E-state index is 11.4. The molecule has 1 rings (SSSR count). The molecule has 0 aromatic heterocycles. The van der Waals surface area contributed by atoms with Crippen molar-refractivity contribution in [3.63, 3.8) is 0 Å². The lowest BCUT2D eigenvalue weighted by Gasteiger charge is -2.31. The predicted molar refractivity (Wildman–Crippen MR) is 55.3 cm³/mol. The van der Waals surface area contributed by atoms with Crippen molar-refractivity contribution in [2.24, 2.45) is 5.92 Å². The maximum atomic E-state index is 11.4. The van der Waals surface area contributed by atoms with Crippen molar-refractivity contribution in [2.75, 3.05) is 18.8 Å². The van der Waals surface area contributed by atoms with Crippen molar-refractivity contribution < 1.29 is 14.7 Å². The second-order valence-electron chi connectivity index (χ2n) is 3.83. The Morgan fingerprint density at radius 1 is 1.71 bits per heavy atom. The summed E-state index contributed by atoms with van der Waals surface area (Å²) in [6, 6.07) is 0. The third-order valence-electron chi connectivity index (χ3n) is 2.01. The van der Waals surface area contributed by atoms with Gasteiger partial charge in [-0.3, -0.25) is 9.59 Å². The molecule has 0 aliphatic carbocycles. The molecule has 1 amide bonds. The lowest BCUT2D eigenvalue weighted by Crippen LogP contribution is -2.46. The van der Waals surface area contributed by atoms with Gasteiger partial charge in [-0.25, -0.2) is 0 Å². The van der Waals surface area contributed by atoms with E-state index in [-0.39, 0.29) is 5.91 Å². The standard InChI is InChI=1S/C9H15NO3S/c1-6(2)3-10-4-7(9(12)13)14-5-8(10)11/h6-7H,3-5H2,1-2H3,(H,12,13). The van der Waals surface area contributed by atoms with Crippen molar-refractivity contribution in [1.82, 2.24) is 4.90 Å². The van der Waals surface area contributed by atoms with Crippen molar-refractivity contribution in [3.05, 3.63) is 0 Å². The lowest BCUT2D eigenvalue weighted by atomic mass is 10.2. The van der Waals surface area contributed by atoms with Gasteiger partial charge in [0.15, 0.2) is 0 Å². The SMILES string of the molecule is CC(C)CN1CC(C(=O)O)SCC1=O. The van der Waals surface area contributed by atoms with E-state index in [1.165, 1.54) is 11.8 Å². The fourth-order valence-electron chi connectivity index (χ4n) is 1.38. The van der Waals surface area contributed by atoms with Gasteiger partial charge in [-0.15, -0.1) is 11.8 Å². The summed E-state index contributed by atoms with van der Waals surface area (Å²) in [7, 11) is 0. The van der Waals surface area contributed by atoms with E-state index < -0.39 is 11.2 Å². The van der Waals surface area contributed by atoms with Crippen LogP contribution in [0.1, 0.15) is 13.8 Å². The van der Waals surface area contributed by atoms with Crippen LogP contribution in [0.3, 0.4) is 0 Å². The molecule has 1 aliphatic heterocycles. The van der Waals surface area contributed by atoms with Crippen LogP contribution >= 0.6 is 11.8 Å². The molecule has 0 radical (unpaired) electrons. The molecule has 14 heavy (non-hydrogen) atoms. The van der Waals surface area contributed by atoms with Crippen molar-refractivity contribution in [3.8, 4) is 0 Å². The van der Waals surface area contributed by atoms with Crippen LogP contribution in [0, 0.1) is 5.92 Å². The Labute approximate surface area is 87.7 Å². The van der Waals surface area contributed by atoms with E-state index in [2.05, 4.69) is 0 Å². The normalized spacial score (nSPS) is 22.9. The Morgan fingerprint density at radius 3 is 2.86 bits per heavy atom. The van der Waals surface area contributed by atoms with Crippen LogP contribution in [-0.2, 0) is 9.59 Å². The average Bonchev–Trinajstić information content (AvgIpc) is 2.07. The number of aliphatic carboxylic acids is 1. The number of carbonyl (C=O) groups is 2. The molecule has 1 unspecified atom stereocenters. The highest BCUT2D eigenvalue weighted by molar-refractivity contribution is 8.01. The van der Waals surface area contributed by atoms with Gasteiger partial charge in [0.1, 0.15) is 5.25 Å². The van der Waals surface area contributed by atoms with E-state index in [1.54, 1.807) is 4.90 Å². The van der Waals surface area contributed by atoms with E-state index in [1.807, 2.05) is 13.8 Å². The van der Waals surface area contributed by atoms with Gasteiger partial charge in [0.2, 0.25) is 5.91 Å². The first-order valence-electron chi connectivity index (χ1n) is 4.63. The molecule has 1 atom stereocenters. The monoisotopic (exact) mass is 217 g/mol. The van der Waals surface area contributed by atoms with Gasteiger partial charge in [-0.2, -0.15) is 0 Å². The zero-order valence-corrected chi connectivity index (χ0v) is 9.21. The second kappa shape index (κ2) is 4.68. The van der Waals surface area contributed by atoms with Crippen molar-refractivity contribution in [2.45, 2.75) is 19.1 Å². The molecule has 5 heteroatoms. The van der Waals surface area contributed by atoms with E-state index in [4.69, 9.17) is 5.11 Å². The quantitative estimate of drug-likeness (QED) is 0.755. The molecule has 80 valence electrons. The van der Waals surface area contributed by atoms with Crippen molar-refractivity contribution >= 4 is 23.6 Å². The molecular formula is C9H15NO3S. The first-order chi connectivity index (χ1) is 6.50. The second-order valence-corrected chi connectivity index (χ2v) is 5.02. The highest BCUT2D eigenvalue weighted by atomic mass is 32.2. The van der Waals surface area contributed by atoms with Gasteiger partial charge in [0.05, 0.1) is 5.75 Å². The van der Waals surface area contributed by atoms with E-state index in [0.29, 0.717) is 24.8 Å². The molecule has 0 bridgehead atoms. The molecule has 4 nitrogen and oxygen atoms in total. The molecular weight excluding hydrogens is 202 g/mol. The van der Waals surface area contributed by atoms with Gasteiger partial charge in [0.25, 0.3) is 0 Å². The molecule has 1 aliphatic rings. The van der Waals surface area contributed by atoms with E-state index in [9.17, 15) is 9.59 Å². The summed E-state index contributed by atoms with van der Waals surface area (Å²) < 4.78 is 0. The molecule has 0 aromatic rings. The minimum atomic E-state index is -0.823. The van der Waals surface area contributed by atoms with Crippen LogP contribution in [-0.4, -0.2) is 46.0 Å². The maximum Gasteiger partial charge on any atom is 0.318 e. The summed E-state index contributed by atoms with van der Waals surface area (Å²) in [6.07, 6.45) is 0. The number of nitrogens with zero attached hydrogens (tertiary/aromatic N) is 1. The minimum absolute atomic E-state index is 0.0567. The van der Waals surface area contributed by atoms with Gasteiger partial charge in [-0.05, 0) is 5.92 Å². The molecule has 1 heterocycles.